The SMILES string of the molecule is C[C@@H]1[C@@H](C=O)[C@H]1C1CCN(C(=O)OC(C)(C)C)CC1. The highest BCUT2D eigenvalue weighted by molar-refractivity contribution is 5.68. The van der Waals surface area contributed by atoms with Crippen LogP contribution < -0.4 is 0 Å². The summed E-state index contributed by atoms with van der Waals surface area (Å²) < 4.78 is 5.38. The third kappa shape index (κ3) is 3.28. The average molecular weight is 267 g/mol. The van der Waals surface area contributed by atoms with Crippen molar-refractivity contribution in [2.45, 2.75) is 46.1 Å². The van der Waals surface area contributed by atoms with E-state index in [1.165, 1.54) is 0 Å². The Labute approximate surface area is 115 Å². The molecule has 0 aromatic carbocycles. The number of amides is 1. The fraction of sp³-hybridized carbons (Fsp3) is 0.867. The maximum absolute atomic E-state index is 11.9. The van der Waals surface area contributed by atoms with Gasteiger partial charge in [0.2, 0.25) is 0 Å². The Kier molecular flexibility index (Phi) is 3.88. The number of hydrogen-bond donors (Lipinski definition) is 0. The summed E-state index contributed by atoms with van der Waals surface area (Å²) in [4.78, 5) is 24.6. The summed E-state index contributed by atoms with van der Waals surface area (Å²) in [5.41, 5.74) is -0.429. The number of rotatable bonds is 2. The van der Waals surface area contributed by atoms with E-state index in [0.29, 0.717) is 17.8 Å². The second-order valence-electron chi connectivity index (χ2n) is 6.95. The quantitative estimate of drug-likeness (QED) is 0.723. The molecule has 2 fully saturated rings. The lowest BCUT2D eigenvalue weighted by molar-refractivity contribution is -0.109. The molecular formula is C15H25NO3. The molecule has 1 heterocycles. The smallest absolute Gasteiger partial charge is 0.410 e. The lowest BCUT2D eigenvalue weighted by Gasteiger charge is -2.33. The van der Waals surface area contributed by atoms with Crippen LogP contribution in [0.5, 0.6) is 0 Å². The molecule has 0 aromatic rings. The minimum Gasteiger partial charge on any atom is -0.444 e. The van der Waals surface area contributed by atoms with E-state index in [4.69, 9.17) is 4.74 Å². The van der Waals surface area contributed by atoms with E-state index >= 15 is 0 Å². The molecule has 1 aliphatic heterocycles. The zero-order valence-corrected chi connectivity index (χ0v) is 12.4. The van der Waals surface area contributed by atoms with Crippen LogP contribution in [-0.4, -0.2) is 36.0 Å². The average Bonchev–Trinajstić information content (AvgIpc) is 2.98. The molecule has 0 radical (unpaired) electrons. The number of aldehydes is 1. The second kappa shape index (κ2) is 5.14. The van der Waals surface area contributed by atoms with E-state index < -0.39 is 5.60 Å². The minimum atomic E-state index is -0.429. The van der Waals surface area contributed by atoms with Crippen molar-refractivity contribution in [3.05, 3.63) is 0 Å². The van der Waals surface area contributed by atoms with Crippen LogP contribution in [0.15, 0.2) is 0 Å². The Morgan fingerprint density at radius 2 is 1.84 bits per heavy atom. The zero-order chi connectivity index (χ0) is 14.2. The van der Waals surface area contributed by atoms with E-state index in [-0.39, 0.29) is 12.0 Å². The summed E-state index contributed by atoms with van der Waals surface area (Å²) in [7, 11) is 0. The van der Waals surface area contributed by atoms with Crippen molar-refractivity contribution in [2.75, 3.05) is 13.1 Å². The van der Waals surface area contributed by atoms with Gasteiger partial charge in [-0.05, 0) is 51.4 Å². The first-order chi connectivity index (χ1) is 8.83. The van der Waals surface area contributed by atoms with Gasteiger partial charge in [-0.15, -0.1) is 0 Å². The Bertz CT molecular complexity index is 353. The fourth-order valence-electron chi connectivity index (χ4n) is 3.28. The Morgan fingerprint density at radius 3 is 2.26 bits per heavy atom. The van der Waals surface area contributed by atoms with Crippen molar-refractivity contribution in [1.82, 2.24) is 4.90 Å². The van der Waals surface area contributed by atoms with Gasteiger partial charge in [-0.2, -0.15) is 0 Å². The fourth-order valence-corrected chi connectivity index (χ4v) is 3.28. The van der Waals surface area contributed by atoms with Gasteiger partial charge in [0.1, 0.15) is 11.9 Å². The number of nitrogens with zero attached hydrogens (tertiary/aromatic N) is 1. The molecule has 1 amide bonds. The van der Waals surface area contributed by atoms with Crippen LogP contribution in [0, 0.1) is 23.7 Å². The van der Waals surface area contributed by atoms with Crippen LogP contribution in [0.25, 0.3) is 0 Å². The Balaban J connectivity index is 1.80. The first kappa shape index (κ1) is 14.4. The Hall–Kier alpha value is -1.06. The number of carbonyl (C=O) groups is 2. The van der Waals surface area contributed by atoms with Gasteiger partial charge in [0.25, 0.3) is 0 Å². The molecule has 0 unspecified atom stereocenters. The summed E-state index contributed by atoms with van der Waals surface area (Å²) in [5, 5.41) is 0. The van der Waals surface area contributed by atoms with Crippen LogP contribution in [0.3, 0.4) is 0 Å². The van der Waals surface area contributed by atoms with Crippen molar-refractivity contribution < 1.29 is 14.3 Å². The highest BCUT2D eigenvalue weighted by Gasteiger charge is 2.51. The third-order valence-electron chi connectivity index (χ3n) is 4.41. The van der Waals surface area contributed by atoms with Gasteiger partial charge in [0.05, 0.1) is 0 Å². The van der Waals surface area contributed by atoms with Crippen molar-refractivity contribution in [3.8, 4) is 0 Å². The molecule has 1 aliphatic carbocycles. The number of hydrogen-bond acceptors (Lipinski definition) is 3. The van der Waals surface area contributed by atoms with Crippen molar-refractivity contribution >= 4 is 12.4 Å². The van der Waals surface area contributed by atoms with Gasteiger partial charge in [-0.3, -0.25) is 0 Å². The predicted molar refractivity (Wildman–Crippen MR) is 72.7 cm³/mol. The van der Waals surface area contributed by atoms with Crippen LogP contribution >= 0.6 is 0 Å². The van der Waals surface area contributed by atoms with Gasteiger partial charge in [0.15, 0.2) is 0 Å². The van der Waals surface area contributed by atoms with E-state index in [9.17, 15) is 9.59 Å². The Morgan fingerprint density at radius 1 is 1.26 bits per heavy atom. The molecular weight excluding hydrogens is 242 g/mol. The normalized spacial score (nSPS) is 32.0. The molecule has 19 heavy (non-hydrogen) atoms. The van der Waals surface area contributed by atoms with Crippen molar-refractivity contribution in [3.63, 3.8) is 0 Å². The van der Waals surface area contributed by atoms with Gasteiger partial charge in [-0.1, -0.05) is 6.92 Å². The van der Waals surface area contributed by atoms with Crippen molar-refractivity contribution in [1.29, 1.82) is 0 Å². The number of ether oxygens (including phenoxy) is 1. The van der Waals surface area contributed by atoms with E-state index in [1.54, 1.807) is 4.90 Å². The molecule has 0 bridgehead atoms. The summed E-state index contributed by atoms with van der Waals surface area (Å²) in [5.74, 6) is 1.95. The standard InChI is InChI=1S/C15H25NO3/c1-10-12(9-17)13(10)11-5-7-16(8-6-11)14(18)19-15(2,3)4/h9-13H,5-8H2,1-4H3/t10-,12-,13-/m1/s1. The van der Waals surface area contributed by atoms with Crippen LogP contribution in [0.1, 0.15) is 40.5 Å². The van der Waals surface area contributed by atoms with Crippen LogP contribution in [0.2, 0.25) is 0 Å². The topological polar surface area (TPSA) is 46.6 Å². The molecule has 108 valence electrons. The van der Waals surface area contributed by atoms with Gasteiger partial charge in [0, 0.05) is 19.0 Å². The molecule has 2 rings (SSSR count). The second-order valence-corrected chi connectivity index (χ2v) is 6.95. The van der Waals surface area contributed by atoms with E-state index in [2.05, 4.69) is 6.92 Å². The number of likely N-dealkylation sites (tertiary alicyclic amines) is 1. The molecule has 4 heteroatoms. The molecule has 4 nitrogen and oxygen atoms in total. The summed E-state index contributed by atoms with van der Waals surface area (Å²) in [6.45, 7) is 9.33. The maximum Gasteiger partial charge on any atom is 0.410 e. The highest BCUT2D eigenvalue weighted by atomic mass is 16.6. The molecule has 0 spiro atoms. The van der Waals surface area contributed by atoms with Gasteiger partial charge >= 0.3 is 6.09 Å². The zero-order valence-electron chi connectivity index (χ0n) is 12.4. The monoisotopic (exact) mass is 267 g/mol. The lowest BCUT2D eigenvalue weighted by Crippen LogP contribution is -2.42. The summed E-state index contributed by atoms with van der Waals surface area (Å²) in [6, 6.07) is 0. The molecule has 0 N–H and O–H groups in total. The van der Waals surface area contributed by atoms with Crippen molar-refractivity contribution in [2.24, 2.45) is 23.7 Å². The van der Waals surface area contributed by atoms with E-state index in [1.807, 2.05) is 20.8 Å². The van der Waals surface area contributed by atoms with Gasteiger partial charge < -0.3 is 14.4 Å². The highest BCUT2D eigenvalue weighted by Crippen LogP contribution is 2.52. The van der Waals surface area contributed by atoms with E-state index in [0.717, 1.165) is 32.2 Å². The molecule has 1 saturated heterocycles. The summed E-state index contributed by atoms with van der Waals surface area (Å²) in [6.07, 6.45) is 2.90. The largest absolute Gasteiger partial charge is 0.444 e. The maximum atomic E-state index is 11.9. The first-order valence-corrected chi connectivity index (χ1v) is 7.26. The first-order valence-electron chi connectivity index (χ1n) is 7.26. The lowest BCUT2D eigenvalue weighted by atomic mass is 9.90. The molecule has 0 aromatic heterocycles. The van der Waals surface area contributed by atoms with Crippen LogP contribution in [0.4, 0.5) is 4.79 Å². The van der Waals surface area contributed by atoms with Gasteiger partial charge in [-0.25, -0.2) is 4.79 Å². The third-order valence-corrected chi connectivity index (χ3v) is 4.41. The molecule has 1 saturated carbocycles. The molecule has 2 aliphatic rings. The minimum absolute atomic E-state index is 0.207. The number of piperidine rings is 1. The summed E-state index contributed by atoms with van der Waals surface area (Å²) >= 11 is 0. The molecule has 3 atom stereocenters. The van der Waals surface area contributed by atoms with Crippen LogP contribution in [-0.2, 0) is 9.53 Å². The predicted octanol–water partition coefficient (Wildman–Crippen LogP) is 2.71. The number of carbonyl (C=O) groups excluding carboxylic acids is 2.